The fourth-order valence-corrected chi connectivity index (χ4v) is 5.39. The molecule has 0 aliphatic carbocycles. The molecule has 0 N–H and O–H groups in total. The van der Waals surface area contributed by atoms with Crippen molar-refractivity contribution in [1.82, 2.24) is 19.6 Å². The van der Waals surface area contributed by atoms with Crippen LogP contribution in [0.3, 0.4) is 0 Å². The first kappa shape index (κ1) is 26.0. The highest BCUT2D eigenvalue weighted by Crippen LogP contribution is 2.31. The Kier molecular flexibility index (Phi) is 7.79. The number of carbonyl (C=O) groups is 1. The number of hydrogen-bond donors (Lipinski definition) is 0. The quantitative estimate of drug-likeness (QED) is 0.296. The second kappa shape index (κ2) is 11.4. The van der Waals surface area contributed by atoms with E-state index in [1.807, 2.05) is 35.2 Å². The van der Waals surface area contributed by atoms with Gasteiger partial charge in [-0.3, -0.25) is 4.79 Å². The number of amides is 1. The molecule has 0 spiro atoms. The third-order valence-corrected chi connectivity index (χ3v) is 7.99. The standard InChI is InChI=1S/C32H39N5O/c1-5-24(3)36(32(38)28-17-16-26-12-10-11-13-27(26)22-28)23-30-25(4)33-37(29-14-8-7-9-15-29)31(30)35-20-18-34(6-2)19-21-35/h7-17,22,24H,5-6,18-21,23H2,1-4H3/t24-/m0/s1. The third-order valence-electron chi connectivity index (χ3n) is 7.99. The van der Waals surface area contributed by atoms with E-state index in [1.54, 1.807) is 0 Å². The lowest BCUT2D eigenvalue weighted by molar-refractivity contribution is 0.0671. The lowest BCUT2D eigenvalue weighted by Gasteiger charge is -2.37. The van der Waals surface area contributed by atoms with Crippen LogP contribution in [0.15, 0.2) is 72.8 Å². The van der Waals surface area contributed by atoms with Crippen molar-refractivity contribution >= 4 is 22.5 Å². The van der Waals surface area contributed by atoms with E-state index in [1.165, 1.54) is 0 Å². The van der Waals surface area contributed by atoms with Gasteiger partial charge >= 0.3 is 0 Å². The van der Waals surface area contributed by atoms with Gasteiger partial charge < -0.3 is 14.7 Å². The Morgan fingerprint density at radius 1 is 0.921 bits per heavy atom. The predicted octanol–water partition coefficient (Wildman–Crippen LogP) is 5.92. The average Bonchev–Trinajstić information content (AvgIpc) is 3.30. The van der Waals surface area contributed by atoms with Crippen LogP contribution in [-0.4, -0.2) is 64.3 Å². The van der Waals surface area contributed by atoms with Gasteiger partial charge in [0.25, 0.3) is 5.91 Å². The minimum Gasteiger partial charge on any atom is -0.354 e. The molecule has 6 heteroatoms. The monoisotopic (exact) mass is 509 g/mol. The van der Waals surface area contributed by atoms with Crippen LogP contribution in [0, 0.1) is 6.92 Å². The maximum absolute atomic E-state index is 14.0. The Hall–Kier alpha value is -3.64. The smallest absolute Gasteiger partial charge is 0.254 e. The highest BCUT2D eigenvalue weighted by Gasteiger charge is 2.29. The molecule has 4 aromatic rings. The van der Waals surface area contributed by atoms with Gasteiger partial charge in [0, 0.05) is 43.3 Å². The summed E-state index contributed by atoms with van der Waals surface area (Å²) in [5, 5.41) is 7.26. The van der Waals surface area contributed by atoms with Crippen LogP contribution in [0.4, 0.5) is 5.82 Å². The van der Waals surface area contributed by atoms with E-state index in [9.17, 15) is 4.79 Å². The van der Waals surface area contributed by atoms with Gasteiger partial charge in [0.15, 0.2) is 0 Å². The molecule has 0 saturated carbocycles. The zero-order valence-electron chi connectivity index (χ0n) is 23.1. The summed E-state index contributed by atoms with van der Waals surface area (Å²) in [6, 6.07) is 24.7. The third kappa shape index (κ3) is 5.18. The lowest BCUT2D eigenvalue weighted by atomic mass is 10.0. The zero-order valence-corrected chi connectivity index (χ0v) is 23.1. The number of para-hydroxylation sites is 1. The highest BCUT2D eigenvalue weighted by atomic mass is 16.2. The van der Waals surface area contributed by atoms with Crippen LogP contribution >= 0.6 is 0 Å². The van der Waals surface area contributed by atoms with Gasteiger partial charge in [-0.2, -0.15) is 5.10 Å². The number of fused-ring (bicyclic) bond motifs is 1. The second-order valence-electron chi connectivity index (χ2n) is 10.3. The molecule has 1 atom stereocenters. The average molecular weight is 510 g/mol. The summed E-state index contributed by atoms with van der Waals surface area (Å²) in [5.74, 6) is 1.18. The van der Waals surface area contributed by atoms with Crippen LogP contribution in [0.1, 0.15) is 48.8 Å². The Balaban J connectivity index is 1.54. The minimum atomic E-state index is 0.0683. The largest absolute Gasteiger partial charge is 0.354 e. The summed E-state index contributed by atoms with van der Waals surface area (Å²) in [4.78, 5) is 21.0. The number of carbonyl (C=O) groups excluding carboxylic acids is 1. The topological polar surface area (TPSA) is 44.6 Å². The van der Waals surface area contributed by atoms with Crippen LogP contribution in [0.5, 0.6) is 0 Å². The molecule has 0 radical (unpaired) electrons. The molecule has 1 aliphatic heterocycles. The van der Waals surface area contributed by atoms with Crippen LogP contribution in [-0.2, 0) is 6.54 Å². The number of likely N-dealkylation sites (N-methyl/N-ethyl adjacent to an activating group) is 1. The van der Waals surface area contributed by atoms with Crippen molar-refractivity contribution in [3.05, 3.63) is 89.6 Å². The molecule has 38 heavy (non-hydrogen) atoms. The number of hydrogen-bond acceptors (Lipinski definition) is 4. The fraction of sp³-hybridized carbons (Fsp3) is 0.375. The van der Waals surface area contributed by atoms with Crippen molar-refractivity contribution in [3.8, 4) is 5.69 Å². The summed E-state index contributed by atoms with van der Waals surface area (Å²) in [7, 11) is 0. The number of benzene rings is 3. The van der Waals surface area contributed by atoms with Crippen molar-refractivity contribution in [3.63, 3.8) is 0 Å². The van der Waals surface area contributed by atoms with Crippen molar-refractivity contribution in [1.29, 1.82) is 0 Å². The first-order valence-corrected chi connectivity index (χ1v) is 13.9. The van der Waals surface area contributed by atoms with E-state index >= 15 is 0 Å². The van der Waals surface area contributed by atoms with E-state index in [0.29, 0.717) is 6.54 Å². The first-order valence-electron chi connectivity index (χ1n) is 13.9. The minimum absolute atomic E-state index is 0.0683. The van der Waals surface area contributed by atoms with Crippen molar-refractivity contribution < 1.29 is 4.79 Å². The number of rotatable bonds is 8. The van der Waals surface area contributed by atoms with Crippen LogP contribution in [0.25, 0.3) is 16.5 Å². The summed E-state index contributed by atoms with van der Waals surface area (Å²) >= 11 is 0. The maximum Gasteiger partial charge on any atom is 0.254 e. The predicted molar refractivity (Wildman–Crippen MR) is 156 cm³/mol. The lowest BCUT2D eigenvalue weighted by Crippen LogP contribution is -2.47. The Labute approximate surface area is 226 Å². The van der Waals surface area contributed by atoms with E-state index in [0.717, 1.165) is 78.2 Å². The van der Waals surface area contributed by atoms with Gasteiger partial charge in [-0.1, -0.05) is 62.4 Å². The number of nitrogens with zero attached hydrogens (tertiary/aromatic N) is 5. The summed E-state index contributed by atoms with van der Waals surface area (Å²) in [5.41, 5.74) is 3.88. The van der Waals surface area contributed by atoms with E-state index in [4.69, 9.17) is 5.10 Å². The molecule has 198 valence electrons. The second-order valence-corrected chi connectivity index (χ2v) is 10.3. The summed E-state index contributed by atoms with van der Waals surface area (Å²) in [6.07, 6.45) is 0.885. The first-order chi connectivity index (χ1) is 18.5. The SMILES string of the molecule is CC[C@H](C)N(Cc1c(C)nn(-c2ccccc2)c1N1CCN(CC)CC1)C(=O)c1ccc2ccccc2c1. The van der Waals surface area contributed by atoms with Crippen LogP contribution in [0.2, 0.25) is 0 Å². The van der Waals surface area contributed by atoms with Gasteiger partial charge in [-0.05, 0) is 61.9 Å². The van der Waals surface area contributed by atoms with Gasteiger partial charge in [-0.15, -0.1) is 0 Å². The van der Waals surface area contributed by atoms with Gasteiger partial charge in [0.2, 0.25) is 0 Å². The fourth-order valence-electron chi connectivity index (χ4n) is 5.39. The molecule has 2 heterocycles. The number of aryl methyl sites for hydroxylation is 1. The van der Waals surface area contributed by atoms with Gasteiger partial charge in [-0.25, -0.2) is 4.68 Å². The maximum atomic E-state index is 14.0. The highest BCUT2D eigenvalue weighted by molar-refractivity contribution is 5.98. The molecular formula is C32H39N5O. The molecule has 6 nitrogen and oxygen atoms in total. The zero-order chi connectivity index (χ0) is 26.6. The molecule has 1 aromatic heterocycles. The molecule has 1 amide bonds. The summed E-state index contributed by atoms with van der Waals surface area (Å²) < 4.78 is 2.08. The molecule has 1 aliphatic rings. The van der Waals surface area contributed by atoms with E-state index in [2.05, 4.69) is 84.6 Å². The number of anilines is 1. The molecule has 0 unspecified atom stereocenters. The molecule has 1 saturated heterocycles. The van der Waals surface area contributed by atoms with Crippen molar-refractivity contribution in [2.75, 3.05) is 37.6 Å². The Morgan fingerprint density at radius 2 is 1.61 bits per heavy atom. The van der Waals surface area contributed by atoms with Crippen molar-refractivity contribution in [2.24, 2.45) is 0 Å². The summed E-state index contributed by atoms with van der Waals surface area (Å²) in [6.45, 7) is 14.1. The van der Waals surface area contributed by atoms with E-state index < -0.39 is 0 Å². The van der Waals surface area contributed by atoms with E-state index in [-0.39, 0.29) is 11.9 Å². The van der Waals surface area contributed by atoms with Crippen molar-refractivity contribution in [2.45, 2.75) is 46.7 Å². The van der Waals surface area contributed by atoms with Crippen LogP contribution < -0.4 is 4.90 Å². The molecular weight excluding hydrogens is 470 g/mol. The Bertz CT molecular complexity index is 1390. The number of piperazine rings is 1. The normalized spacial score (nSPS) is 15.1. The molecule has 1 fully saturated rings. The molecule has 0 bridgehead atoms. The number of aromatic nitrogens is 2. The van der Waals surface area contributed by atoms with Gasteiger partial charge in [0.1, 0.15) is 5.82 Å². The molecule has 3 aromatic carbocycles. The van der Waals surface area contributed by atoms with Gasteiger partial charge in [0.05, 0.1) is 17.9 Å². The molecule has 5 rings (SSSR count). The Morgan fingerprint density at radius 3 is 2.29 bits per heavy atom.